The fourth-order valence-corrected chi connectivity index (χ4v) is 2.46. The summed E-state index contributed by atoms with van der Waals surface area (Å²) in [5.41, 5.74) is 7.66. The molecule has 2 heterocycles. The zero-order chi connectivity index (χ0) is 17.6. The largest absolute Gasteiger partial charge is 0.495 e. The first-order chi connectivity index (χ1) is 12.2. The normalized spacial score (nSPS) is 10.9. The Bertz CT molecular complexity index is 885. The number of anilines is 1. The third-order valence-electron chi connectivity index (χ3n) is 3.44. The summed E-state index contributed by atoms with van der Waals surface area (Å²) in [5.74, 6) is 1.67. The first-order valence-corrected chi connectivity index (χ1v) is 7.87. The Hall–Kier alpha value is -2.33. The lowest BCUT2D eigenvalue weighted by molar-refractivity contribution is 0.415. The lowest BCUT2D eigenvalue weighted by Gasteiger charge is -2.08. The minimum Gasteiger partial charge on any atom is -0.495 e. The first kappa shape index (κ1) is 20.0. The number of aliphatic imine (C=N–C) groups is 1. The van der Waals surface area contributed by atoms with Gasteiger partial charge in [-0.1, -0.05) is 11.6 Å². The van der Waals surface area contributed by atoms with Crippen molar-refractivity contribution in [3.05, 3.63) is 65.8 Å². The van der Waals surface area contributed by atoms with E-state index in [1.54, 1.807) is 38.0 Å². The fraction of sp³-hybridized carbons (Fsp3) is 0.118. The molecule has 9 heteroatoms. The number of nitrogens with zero attached hydrogens (tertiary/aromatic N) is 4. The van der Waals surface area contributed by atoms with Gasteiger partial charge in [0, 0.05) is 24.3 Å². The summed E-state index contributed by atoms with van der Waals surface area (Å²) in [6, 6.07) is 9.13. The minimum absolute atomic E-state index is 0. The van der Waals surface area contributed by atoms with Gasteiger partial charge in [0.2, 0.25) is 0 Å². The predicted octanol–water partition coefficient (Wildman–Crippen LogP) is 3.47. The molecule has 3 aromatic rings. The van der Waals surface area contributed by atoms with Gasteiger partial charge in [0.25, 0.3) is 0 Å². The Kier molecular flexibility index (Phi) is 7.22. The molecule has 3 N–H and O–H groups in total. The highest BCUT2D eigenvalue weighted by Gasteiger charge is 2.03. The van der Waals surface area contributed by atoms with Crippen LogP contribution in [-0.2, 0) is 6.54 Å². The van der Waals surface area contributed by atoms with E-state index in [-0.39, 0.29) is 24.0 Å². The molecule has 0 saturated carbocycles. The Labute approximate surface area is 173 Å². The van der Waals surface area contributed by atoms with E-state index < -0.39 is 0 Å². The van der Waals surface area contributed by atoms with Crippen LogP contribution in [0.25, 0.3) is 5.82 Å². The van der Waals surface area contributed by atoms with Crippen LogP contribution in [0.1, 0.15) is 5.56 Å². The van der Waals surface area contributed by atoms with Crippen molar-refractivity contribution in [1.82, 2.24) is 14.5 Å². The average molecular weight is 485 g/mol. The molecule has 0 unspecified atom stereocenters. The molecule has 0 aliphatic rings. The number of rotatable bonds is 5. The standard InChI is InChI=1S/C17H17ClN6O.HI/c1-25-15-3-2-13(9-14(15)18)23-17(19)22-10-12-4-5-21-16(8-12)24-7-6-20-11-24;/h2-9,11H,10H2,1H3,(H3,19,22,23);1H. The number of halogens is 2. The van der Waals surface area contributed by atoms with Crippen LogP contribution in [0.5, 0.6) is 5.75 Å². The SMILES string of the molecule is COc1ccc(NC(N)=NCc2ccnc(-n3ccnc3)c2)cc1Cl.I. The molecule has 7 nitrogen and oxygen atoms in total. The topological polar surface area (TPSA) is 90.4 Å². The van der Waals surface area contributed by atoms with Gasteiger partial charge in [0.1, 0.15) is 17.9 Å². The van der Waals surface area contributed by atoms with E-state index in [0.29, 0.717) is 23.3 Å². The average Bonchev–Trinajstić information content (AvgIpc) is 3.15. The molecule has 0 bridgehead atoms. The van der Waals surface area contributed by atoms with Gasteiger partial charge < -0.3 is 15.8 Å². The lowest BCUT2D eigenvalue weighted by Crippen LogP contribution is -2.22. The molecular weight excluding hydrogens is 467 g/mol. The maximum atomic E-state index is 6.09. The van der Waals surface area contributed by atoms with Gasteiger partial charge in [-0.2, -0.15) is 0 Å². The second-order valence-corrected chi connectivity index (χ2v) is 5.58. The van der Waals surface area contributed by atoms with Crippen LogP contribution in [0.4, 0.5) is 5.69 Å². The van der Waals surface area contributed by atoms with Crippen molar-refractivity contribution in [3.8, 4) is 11.6 Å². The number of guanidine groups is 1. The van der Waals surface area contributed by atoms with E-state index in [1.165, 1.54) is 0 Å². The monoisotopic (exact) mass is 484 g/mol. The summed E-state index contributed by atoms with van der Waals surface area (Å²) < 4.78 is 6.95. The second-order valence-electron chi connectivity index (χ2n) is 5.17. The molecule has 3 rings (SSSR count). The van der Waals surface area contributed by atoms with Crippen molar-refractivity contribution in [2.24, 2.45) is 10.7 Å². The maximum Gasteiger partial charge on any atom is 0.193 e. The zero-order valence-electron chi connectivity index (χ0n) is 14.0. The van der Waals surface area contributed by atoms with Gasteiger partial charge in [-0.05, 0) is 35.9 Å². The fourth-order valence-electron chi connectivity index (χ4n) is 2.20. The van der Waals surface area contributed by atoms with E-state index in [1.807, 2.05) is 29.0 Å². The van der Waals surface area contributed by atoms with Crippen molar-refractivity contribution in [1.29, 1.82) is 0 Å². The summed E-state index contributed by atoms with van der Waals surface area (Å²) in [6.45, 7) is 0.424. The van der Waals surface area contributed by atoms with Crippen molar-refractivity contribution in [2.45, 2.75) is 6.54 Å². The number of nitrogens with two attached hydrogens (primary N) is 1. The number of pyridine rings is 1. The summed E-state index contributed by atoms with van der Waals surface area (Å²) in [4.78, 5) is 12.7. The van der Waals surface area contributed by atoms with Crippen LogP contribution in [0.3, 0.4) is 0 Å². The van der Waals surface area contributed by atoms with E-state index in [0.717, 1.165) is 17.1 Å². The Morgan fingerprint density at radius 2 is 2.15 bits per heavy atom. The molecule has 0 atom stereocenters. The van der Waals surface area contributed by atoms with Crippen LogP contribution in [0.15, 0.2) is 60.2 Å². The summed E-state index contributed by atoms with van der Waals surface area (Å²) >= 11 is 6.09. The zero-order valence-corrected chi connectivity index (χ0v) is 17.1. The predicted molar refractivity (Wildman–Crippen MR) is 114 cm³/mol. The molecule has 0 aliphatic heterocycles. The smallest absolute Gasteiger partial charge is 0.193 e. The molecule has 136 valence electrons. The van der Waals surface area contributed by atoms with Crippen LogP contribution < -0.4 is 15.8 Å². The maximum absolute atomic E-state index is 6.09. The molecule has 1 aromatic carbocycles. The molecule has 0 saturated heterocycles. The summed E-state index contributed by atoms with van der Waals surface area (Å²) in [7, 11) is 1.57. The van der Waals surface area contributed by atoms with Crippen molar-refractivity contribution < 1.29 is 4.74 Å². The molecule has 2 aromatic heterocycles. The third kappa shape index (κ3) is 5.09. The van der Waals surface area contributed by atoms with E-state index in [4.69, 9.17) is 22.1 Å². The molecule has 0 fully saturated rings. The highest BCUT2D eigenvalue weighted by molar-refractivity contribution is 14.0. The number of methoxy groups -OCH3 is 1. The van der Waals surface area contributed by atoms with Gasteiger partial charge in [0.05, 0.1) is 18.7 Å². The Morgan fingerprint density at radius 3 is 2.85 bits per heavy atom. The number of hydrogen-bond donors (Lipinski definition) is 2. The third-order valence-corrected chi connectivity index (χ3v) is 3.73. The molecule has 0 aliphatic carbocycles. The molecule has 0 amide bonds. The number of imidazole rings is 1. The van der Waals surface area contributed by atoms with Crippen LogP contribution in [0, 0.1) is 0 Å². The second kappa shape index (κ2) is 9.39. The molecule has 26 heavy (non-hydrogen) atoms. The quantitative estimate of drug-likeness (QED) is 0.329. The van der Waals surface area contributed by atoms with Gasteiger partial charge in [-0.15, -0.1) is 24.0 Å². The van der Waals surface area contributed by atoms with Crippen molar-refractivity contribution in [2.75, 3.05) is 12.4 Å². The summed E-state index contributed by atoms with van der Waals surface area (Å²) in [5, 5.41) is 3.50. The first-order valence-electron chi connectivity index (χ1n) is 7.49. The van der Waals surface area contributed by atoms with Gasteiger partial charge in [-0.25, -0.2) is 15.0 Å². The Balaban J connectivity index is 0.00000243. The molecule has 0 spiro atoms. The van der Waals surface area contributed by atoms with Gasteiger partial charge in [0.15, 0.2) is 5.96 Å². The number of nitrogens with one attached hydrogen (secondary N) is 1. The minimum atomic E-state index is 0. The van der Waals surface area contributed by atoms with E-state index >= 15 is 0 Å². The van der Waals surface area contributed by atoms with Crippen LogP contribution >= 0.6 is 35.6 Å². The highest BCUT2D eigenvalue weighted by atomic mass is 127. The number of ether oxygens (including phenoxy) is 1. The van der Waals surface area contributed by atoms with E-state index in [9.17, 15) is 0 Å². The van der Waals surface area contributed by atoms with Gasteiger partial charge >= 0.3 is 0 Å². The molecular formula is C17H18ClIN6O. The van der Waals surface area contributed by atoms with Gasteiger partial charge in [-0.3, -0.25) is 4.57 Å². The van der Waals surface area contributed by atoms with Crippen molar-refractivity contribution in [3.63, 3.8) is 0 Å². The summed E-state index contributed by atoms with van der Waals surface area (Å²) in [6.07, 6.45) is 6.96. The number of benzene rings is 1. The lowest BCUT2D eigenvalue weighted by atomic mass is 10.2. The number of hydrogen-bond acceptors (Lipinski definition) is 4. The number of aromatic nitrogens is 3. The Morgan fingerprint density at radius 1 is 1.31 bits per heavy atom. The molecule has 0 radical (unpaired) electrons. The van der Waals surface area contributed by atoms with Crippen LogP contribution in [0.2, 0.25) is 5.02 Å². The highest BCUT2D eigenvalue weighted by Crippen LogP contribution is 2.27. The van der Waals surface area contributed by atoms with E-state index in [2.05, 4.69) is 20.3 Å². The van der Waals surface area contributed by atoms with Crippen molar-refractivity contribution >= 4 is 47.2 Å². The van der Waals surface area contributed by atoms with Crippen LogP contribution in [-0.4, -0.2) is 27.6 Å².